The number of hydrogen-bond donors (Lipinski definition) is 0. The summed E-state index contributed by atoms with van der Waals surface area (Å²) in [4.78, 5) is 37.3. The fourth-order valence-electron chi connectivity index (χ4n) is 9.06. The molecule has 0 bridgehead atoms. The summed E-state index contributed by atoms with van der Waals surface area (Å²) in [6.07, 6.45) is 58.4. The quantitative estimate of drug-likeness (QED) is 0.0195. The third-order valence-corrected chi connectivity index (χ3v) is 13.8. The molecule has 2 atom stereocenters. The lowest BCUT2D eigenvalue weighted by Gasteiger charge is -2.26. The first-order valence-electron chi connectivity index (χ1n) is 30.3. The average Bonchev–Trinajstić information content (AvgIpc) is 3.33. The van der Waals surface area contributed by atoms with E-state index in [-0.39, 0.29) is 32.2 Å². The average molecular weight is 993 g/mol. The van der Waals surface area contributed by atoms with Crippen LogP contribution >= 0.6 is 0 Å². The molecule has 0 aromatic rings. The summed E-state index contributed by atoms with van der Waals surface area (Å²) in [5, 5.41) is 11.8. The first-order valence-corrected chi connectivity index (χ1v) is 30.3. The highest BCUT2D eigenvalue weighted by Gasteiger charge is 2.22. The molecule has 0 saturated heterocycles. The molecule has 9 nitrogen and oxygen atoms in total. The zero-order valence-electron chi connectivity index (χ0n) is 47.2. The fraction of sp³-hybridized carbons (Fsp3) is 0.918. The molecular weight excluding hydrogens is 875 g/mol. The van der Waals surface area contributed by atoms with Crippen LogP contribution in [0.15, 0.2) is 12.2 Å². The van der Waals surface area contributed by atoms with Crippen LogP contribution < -0.4 is 5.11 Å². The van der Waals surface area contributed by atoms with Gasteiger partial charge in [0, 0.05) is 12.8 Å². The third-order valence-electron chi connectivity index (χ3n) is 13.8. The van der Waals surface area contributed by atoms with Gasteiger partial charge in [-0.25, -0.2) is 0 Å². The Bertz CT molecular complexity index is 1150. The smallest absolute Gasteiger partial charge is 0.306 e. The Morgan fingerprint density at radius 3 is 1.06 bits per heavy atom. The molecule has 0 aliphatic heterocycles. The summed E-state index contributed by atoms with van der Waals surface area (Å²) in [6, 6.07) is 0. The number of ether oxygens (including phenoxy) is 4. The van der Waals surface area contributed by atoms with Gasteiger partial charge in [-0.05, 0) is 38.5 Å². The maximum absolute atomic E-state index is 12.8. The first kappa shape index (κ1) is 68.0. The molecular formula is C61H117NO8. The SMILES string of the molecule is CCCCCCCCC/C=C\CCCCCCCCCC(=O)OC(COC(=O)CCCCCCCCCCCCCCCCCCCCCCCCCCCCC)COC(OCC[N+](C)(C)C)C(=O)[O-]. The van der Waals surface area contributed by atoms with Gasteiger partial charge in [0.2, 0.25) is 0 Å². The number of rotatable bonds is 57. The zero-order valence-corrected chi connectivity index (χ0v) is 47.2. The first-order chi connectivity index (χ1) is 34.1. The molecule has 0 amide bonds. The van der Waals surface area contributed by atoms with E-state index in [2.05, 4.69) is 26.0 Å². The molecule has 0 saturated carbocycles. The standard InChI is InChI=1S/C61H117NO8/c1-6-8-10-12-14-16-18-20-22-24-26-27-28-29-30-31-32-33-34-36-37-39-41-43-45-47-49-51-58(63)68-55-57(56-69-61(60(65)66)67-54-53-62(3,4)5)70-59(64)52-50-48-46-44-42-40-38-35-25-23-21-19-17-15-13-11-9-7-2/h23,25,57,61H,6-22,24,26-56H2,1-5H3/b25-23-. The number of allylic oxidation sites excluding steroid dienone is 2. The molecule has 0 N–H and O–H groups in total. The highest BCUT2D eigenvalue weighted by Crippen LogP contribution is 2.18. The van der Waals surface area contributed by atoms with Crippen LogP contribution in [0.1, 0.15) is 303 Å². The number of carboxylic acid groups (broad SMARTS) is 1. The van der Waals surface area contributed by atoms with Gasteiger partial charge in [-0.2, -0.15) is 0 Å². The van der Waals surface area contributed by atoms with Gasteiger partial charge in [0.15, 0.2) is 12.4 Å². The summed E-state index contributed by atoms with van der Waals surface area (Å²) >= 11 is 0. The molecule has 2 unspecified atom stereocenters. The molecule has 0 heterocycles. The van der Waals surface area contributed by atoms with E-state index in [0.717, 1.165) is 44.9 Å². The molecule has 414 valence electrons. The molecule has 0 aromatic carbocycles. The van der Waals surface area contributed by atoms with Crippen LogP contribution in [0.5, 0.6) is 0 Å². The Kier molecular flexibility index (Phi) is 51.8. The summed E-state index contributed by atoms with van der Waals surface area (Å²) in [5.74, 6) is -2.26. The van der Waals surface area contributed by atoms with Crippen molar-refractivity contribution in [1.29, 1.82) is 0 Å². The minimum absolute atomic E-state index is 0.150. The minimum atomic E-state index is -1.62. The van der Waals surface area contributed by atoms with Crippen molar-refractivity contribution in [2.24, 2.45) is 0 Å². The number of unbranched alkanes of at least 4 members (excludes halogenated alkanes) is 40. The normalized spacial score (nSPS) is 12.8. The van der Waals surface area contributed by atoms with Crippen LogP contribution in [0.4, 0.5) is 0 Å². The lowest BCUT2D eigenvalue weighted by atomic mass is 10.0. The molecule has 0 radical (unpaired) electrons. The molecule has 0 fully saturated rings. The van der Waals surface area contributed by atoms with Crippen molar-refractivity contribution in [2.75, 3.05) is 47.5 Å². The summed E-state index contributed by atoms with van der Waals surface area (Å²) in [6.45, 7) is 4.80. The Labute approximate surface area is 434 Å². The van der Waals surface area contributed by atoms with Crippen LogP contribution in [0.25, 0.3) is 0 Å². The Balaban J connectivity index is 4.13. The van der Waals surface area contributed by atoms with Crippen molar-refractivity contribution < 1.29 is 42.9 Å². The summed E-state index contributed by atoms with van der Waals surface area (Å²) in [5.41, 5.74) is 0. The van der Waals surface area contributed by atoms with Gasteiger partial charge in [-0.3, -0.25) is 9.59 Å². The van der Waals surface area contributed by atoms with Gasteiger partial charge in [0.25, 0.3) is 0 Å². The summed E-state index contributed by atoms with van der Waals surface area (Å²) < 4.78 is 22.7. The van der Waals surface area contributed by atoms with Crippen molar-refractivity contribution in [3.63, 3.8) is 0 Å². The number of carbonyl (C=O) groups is 3. The highest BCUT2D eigenvalue weighted by molar-refractivity contribution is 5.70. The van der Waals surface area contributed by atoms with Crippen molar-refractivity contribution in [1.82, 2.24) is 0 Å². The Hall–Kier alpha value is -1.97. The third kappa shape index (κ3) is 53.8. The molecule has 0 aromatic heterocycles. The Morgan fingerprint density at radius 2 is 0.729 bits per heavy atom. The number of hydrogen-bond acceptors (Lipinski definition) is 8. The lowest BCUT2D eigenvalue weighted by molar-refractivity contribution is -0.870. The number of nitrogens with zero attached hydrogens (tertiary/aromatic N) is 1. The molecule has 70 heavy (non-hydrogen) atoms. The fourth-order valence-corrected chi connectivity index (χ4v) is 9.06. The van der Waals surface area contributed by atoms with Crippen LogP contribution in [-0.4, -0.2) is 82.3 Å². The lowest BCUT2D eigenvalue weighted by Crippen LogP contribution is -2.44. The monoisotopic (exact) mass is 992 g/mol. The van der Waals surface area contributed by atoms with Gasteiger partial charge in [-0.1, -0.05) is 264 Å². The van der Waals surface area contributed by atoms with Crippen molar-refractivity contribution in [3.05, 3.63) is 12.2 Å². The maximum Gasteiger partial charge on any atom is 0.306 e. The second-order valence-corrected chi connectivity index (χ2v) is 22.0. The predicted octanol–water partition coefficient (Wildman–Crippen LogP) is 16.4. The number of likely N-dealkylation sites (N-methyl/N-ethyl adjacent to an activating group) is 1. The molecule has 0 spiro atoms. The van der Waals surface area contributed by atoms with Crippen molar-refractivity contribution >= 4 is 17.9 Å². The van der Waals surface area contributed by atoms with E-state index in [9.17, 15) is 19.5 Å². The Morgan fingerprint density at radius 1 is 0.414 bits per heavy atom. The molecule has 0 aliphatic carbocycles. The van der Waals surface area contributed by atoms with Gasteiger partial charge in [0.05, 0.1) is 40.3 Å². The van der Waals surface area contributed by atoms with E-state index >= 15 is 0 Å². The number of aliphatic carboxylic acids is 1. The number of esters is 2. The second kappa shape index (κ2) is 53.3. The van der Waals surface area contributed by atoms with E-state index in [1.807, 2.05) is 21.1 Å². The van der Waals surface area contributed by atoms with E-state index in [0.29, 0.717) is 23.9 Å². The second-order valence-electron chi connectivity index (χ2n) is 22.0. The van der Waals surface area contributed by atoms with E-state index in [1.54, 1.807) is 0 Å². The largest absolute Gasteiger partial charge is 0.545 e. The number of carbonyl (C=O) groups excluding carboxylic acids is 3. The summed E-state index contributed by atoms with van der Waals surface area (Å²) in [7, 11) is 5.93. The zero-order chi connectivity index (χ0) is 51.3. The minimum Gasteiger partial charge on any atom is -0.545 e. The van der Waals surface area contributed by atoms with Gasteiger partial charge < -0.3 is 33.3 Å². The van der Waals surface area contributed by atoms with E-state index in [4.69, 9.17) is 18.9 Å². The molecule has 9 heteroatoms. The van der Waals surface area contributed by atoms with Crippen molar-refractivity contribution in [2.45, 2.75) is 315 Å². The molecule has 0 aliphatic rings. The molecule has 0 rings (SSSR count). The highest BCUT2D eigenvalue weighted by atomic mass is 16.7. The van der Waals surface area contributed by atoms with Gasteiger partial charge >= 0.3 is 11.9 Å². The predicted molar refractivity (Wildman–Crippen MR) is 293 cm³/mol. The topological polar surface area (TPSA) is 111 Å². The van der Waals surface area contributed by atoms with E-state index < -0.39 is 24.3 Å². The van der Waals surface area contributed by atoms with Gasteiger partial charge in [0.1, 0.15) is 13.2 Å². The van der Waals surface area contributed by atoms with Crippen LogP contribution in [0.2, 0.25) is 0 Å². The maximum atomic E-state index is 12.8. The van der Waals surface area contributed by atoms with E-state index in [1.165, 1.54) is 225 Å². The number of carboxylic acids is 1. The number of quaternary nitrogens is 1. The van der Waals surface area contributed by atoms with Gasteiger partial charge in [-0.15, -0.1) is 0 Å². The van der Waals surface area contributed by atoms with Crippen molar-refractivity contribution in [3.8, 4) is 0 Å². The van der Waals surface area contributed by atoms with Crippen LogP contribution in [0.3, 0.4) is 0 Å². The van der Waals surface area contributed by atoms with Crippen LogP contribution in [0, 0.1) is 0 Å². The van der Waals surface area contributed by atoms with Crippen LogP contribution in [-0.2, 0) is 33.3 Å².